The number of phenols is 1. The van der Waals surface area contributed by atoms with E-state index < -0.39 is 60.4 Å². The molecule has 0 radical (unpaired) electrons. The normalized spacial score (nSPS) is 12.5. The fourth-order valence-corrected chi connectivity index (χ4v) is 3.65. The molecule has 0 bridgehead atoms. The predicted octanol–water partition coefficient (Wildman–Crippen LogP) is 0.636. The summed E-state index contributed by atoms with van der Waals surface area (Å²) in [5.74, 6) is -4.92. The monoisotopic (exact) mass is 668 g/mol. The summed E-state index contributed by atoms with van der Waals surface area (Å²) in [6, 6.07) is 9.81. The highest BCUT2D eigenvalue weighted by molar-refractivity contribution is 5.93. The number of hydrogen-bond donors (Lipinski definition) is 7. The van der Waals surface area contributed by atoms with Crippen molar-refractivity contribution in [3.63, 3.8) is 0 Å². The number of rotatable bonds is 14. The highest BCUT2D eigenvalue weighted by Crippen LogP contribution is 2.16. The van der Waals surface area contributed by atoms with E-state index in [1.807, 2.05) is 0 Å². The zero-order valence-corrected chi connectivity index (χ0v) is 25.3. The smallest absolute Gasteiger partial charge is 0.490 e. The maximum Gasteiger partial charge on any atom is 0.490 e. The second-order valence-electron chi connectivity index (χ2n) is 9.82. The van der Waals surface area contributed by atoms with Gasteiger partial charge in [0.25, 0.3) is 0 Å². The van der Waals surface area contributed by atoms with Gasteiger partial charge in [-0.15, -0.1) is 0 Å². The SMILES string of the molecule is C[C@@H](NC(=O)[C@@H](N)Cc1ccc(O)cc1)C(=O)NCC(=O)N(C)[C@@H](Cc1ccc(N=[N+]=[N-])cc1)C(=O)NCCO.O=C(O)C(F)(F)F. The van der Waals surface area contributed by atoms with Gasteiger partial charge >= 0.3 is 12.1 Å². The Balaban J connectivity index is 0.00000141. The van der Waals surface area contributed by atoms with Crippen LogP contribution in [-0.2, 0) is 36.8 Å². The second-order valence-corrected chi connectivity index (χ2v) is 9.82. The molecule has 0 fully saturated rings. The van der Waals surface area contributed by atoms with E-state index in [2.05, 4.69) is 26.0 Å². The van der Waals surface area contributed by atoms with Crippen LogP contribution in [0.25, 0.3) is 10.4 Å². The number of aromatic hydroxyl groups is 1. The summed E-state index contributed by atoms with van der Waals surface area (Å²) in [5.41, 5.74) is 16.3. The highest BCUT2D eigenvalue weighted by Gasteiger charge is 2.38. The van der Waals surface area contributed by atoms with Gasteiger partial charge in [0.05, 0.1) is 19.2 Å². The average Bonchev–Trinajstić information content (AvgIpc) is 3.02. The van der Waals surface area contributed by atoms with Gasteiger partial charge < -0.3 is 41.9 Å². The summed E-state index contributed by atoms with van der Waals surface area (Å²) in [4.78, 5) is 63.4. The number of benzene rings is 2. The highest BCUT2D eigenvalue weighted by atomic mass is 19.4. The molecular weight excluding hydrogens is 633 g/mol. The third-order valence-electron chi connectivity index (χ3n) is 6.24. The number of carbonyl (C=O) groups excluding carboxylic acids is 4. The fraction of sp³-hybridized carbons (Fsp3) is 0.393. The van der Waals surface area contributed by atoms with Crippen LogP contribution in [0.15, 0.2) is 53.6 Å². The molecule has 3 atom stereocenters. The Hall–Kier alpha value is -5.39. The lowest BCUT2D eigenvalue weighted by Gasteiger charge is -2.28. The van der Waals surface area contributed by atoms with Gasteiger partial charge in [0.1, 0.15) is 17.8 Å². The van der Waals surface area contributed by atoms with Crippen molar-refractivity contribution < 1.29 is 52.5 Å². The molecule has 8 N–H and O–H groups in total. The lowest BCUT2D eigenvalue weighted by Crippen LogP contribution is -2.54. The van der Waals surface area contributed by atoms with Gasteiger partial charge in [0.2, 0.25) is 23.6 Å². The summed E-state index contributed by atoms with van der Waals surface area (Å²) in [6.07, 6.45) is -4.77. The van der Waals surface area contributed by atoms with Crippen molar-refractivity contribution >= 4 is 35.3 Å². The first-order valence-corrected chi connectivity index (χ1v) is 13.7. The van der Waals surface area contributed by atoms with Crippen molar-refractivity contribution in [2.45, 2.75) is 44.1 Å². The molecular formula is C28H35F3N8O8. The van der Waals surface area contributed by atoms with Gasteiger partial charge in [-0.25, -0.2) is 4.79 Å². The number of halogens is 3. The minimum atomic E-state index is -5.08. The summed E-state index contributed by atoms with van der Waals surface area (Å²) in [6.45, 7) is 0.722. The number of nitrogens with two attached hydrogens (primary N) is 1. The summed E-state index contributed by atoms with van der Waals surface area (Å²) < 4.78 is 31.7. The molecule has 16 nitrogen and oxygen atoms in total. The van der Waals surface area contributed by atoms with Crippen LogP contribution in [0, 0.1) is 0 Å². The van der Waals surface area contributed by atoms with Crippen molar-refractivity contribution in [3.05, 3.63) is 70.1 Å². The third kappa shape index (κ3) is 14.5. The maximum absolute atomic E-state index is 12.9. The molecule has 0 spiro atoms. The number of alkyl halides is 3. The van der Waals surface area contributed by atoms with E-state index in [0.29, 0.717) is 11.3 Å². The van der Waals surface area contributed by atoms with Crippen LogP contribution < -0.4 is 21.7 Å². The van der Waals surface area contributed by atoms with Gasteiger partial charge in [0, 0.05) is 30.6 Å². The molecule has 47 heavy (non-hydrogen) atoms. The van der Waals surface area contributed by atoms with Gasteiger partial charge in [0.15, 0.2) is 0 Å². The molecule has 2 aromatic carbocycles. The minimum Gasteiger partial charge on any atom is -0.508 e. The first-order valence-electron chi connectivity index (χ1n) is 13.7. The Morgan fingerprint density at radius 3 is 2.00 bits per heavy atom. The van der Waals surface area contributed by atoms with E-state index in [1.54, 1.807) is 36.4 Å². The van der Waals surface area contributed by atoms with Crippen molar-refractivity contribution in [2.24, 2.45) is 10.8 Å². The van der Waals surface area contributed by atoms with E-state index in [1.165, 1.54) is 31.0 Å². The van der Waals surface area contributed by atoms with Crippen LogP contribution in [0.4, 0.5) is 18.9 Å². The Kier molecular flexibility index (Phi) is 16.2. The molecule has 2 rings (SSSR count). The van der Waals surface area contributed by atoms with Crippen LogP contribution >= 0.6 is 0 Å². The topological polar surface area (TPSA) is 260 Å². The van der Waals surface area contributed by atoms with Crippen LogP contribution in [0.3, 0.4) is 0 Å². The number of phenolic OH excluding ortho intramolecular Hbond substituents is 1. The van der Waals surface area contributed by atoms with Gasteiger partial charge in [-0.05, 0) is 42.1 Å². The Morgan fingerprint density at radius 2 is 1.49 bits per heavy atom. The molecule has 256 valence electrons. The van der Waals surface area contributed by atoms with E-state index in [9.17, 15) is 37.5 Å². The summed E-state index contributed by atoms with van der Waals surface area (Å²) in [7, 11) is 1.42. The average molecular weight is 669 g/mol. The van der Waals surface area contributed by atoms with Crippen molar-refractivity contribution in [3.8, 4) is 5.75 Å². The molecule has 0 aliphatic rings. The second kappa shape index (κ2) is 19.2. The molecule has 4 amide bonds. The van der Waals surface area contributed by atoms with E-state index >= 15 is 0 Å². The number of aliphatic hydroxyl groups is 1. The zero-order chi connectivity index (χ0) is 35.7. The van der Waals surface area contributed by atoms with Gasteiger partial charge in [-0.2, -0.15) is 13.2 Å². The van der Waals surface area contributed by atoms with Crippen molar-refractivity contribution in [1.82, 2.24) is 20.9 Å². The molecule has 0 aromatic heterocycles. The summed E-state index contributed by atoms with van der Waals surface area (Å²) in [5, 5.41) is 36.6. The molecule has 0 saturated carbocycles. The standard InChI is InChI=1S/C26H34N8O6.C2HF3O2/c1-16(31-25(39)21(27)13-17-5-9-20(36)10-6-17)24(38)30-15-23(37)34(2)22(26(40)29-11-12-35)14-18-3-7-19(8-4-18)32-33-28;3-2(4,5)1(6)7/h3-10,16,21-22,35-36H,11-15,27H2,1-2H3,(H,29,40)(H,30,38)(H,31,39);(H,6,7)/t16-,21+,22+;/m1./s1. The number of aliphatic carboxylic acids is 1. The number of nitrogens with zero attached hydrogens (tertiary/aromatic N) is 4. The maximum atomic E-state index is 12.9. The Morgan fingerprint density at radius 1 is 0.957 bits per heavy atom. The number of carbonyl (C=O) groups is 5. The van der Waals surface area contributed by atoms with Gasteiger partial charge in [-0.3, -0.25) is 19.2 Å². The first-order chi connectivity index (χ1) is 22.0. The number of nitrogens with one attached hydrogen (secondary N) is 3. The number of aliphatic hydroxyl groups excluding tert-OH is 1. The largest absolute Gasteiger partial charge is 0.508 e. The van der Waals surface area contributed by atoms with Crippen molar-refractivity contribution in [1.29, 1.82) is 0 Å². The molecule has 0 saturated heterocycles. The predicted molar refractivity (Wildman–Crippen MR) is 160 cm³/mol. The first kappa shape index (κ1) is 39.6. The van der Waals surface area contributed by atoms with E-state index in [0.717, 1.165) is 5.56 Å². The number of carboxylic acids is 1. The Labute approximate surface area is 266 Å². The van der Waals surface area contributed by atoms with E-state index in [4.69, 9.17) is 26.3 Å². The number of likely N-dealkylation sites (N-methyl/N-ethyl adjacent to an activating group) is 1. The minimum absolute atomic E-state index is 0.00395. The molecule has 0 unspecified atom stereocenters. The molecule has 2 aromatic rings. The lowest BCUT2D eigenvalue weighted by molar-refractivity contribution is -0.192. The number of amides is 4. The molecule has 0 aliphatic carbocycles. The molecule has 0 heterocycles. The number of carboxylic acid groups (broad SMARTS) is 1. The van der Waals surface area contributed by atoms with Gasteiger partial charge in [-0.1, -0.05) is 41.5 Å². The molecule has 0 aliphatic heterocycles. The van der Waals surface area contributed by atoms with Crippen LogP contribution in [-0.4, -0.2) is 101 Å². The molecule has 19 heteroatoms. The van der Waals surface area contributed by atoms with Crippen LogP contribution in [0.5, 0.6) is 5.75 Å². The van der Waals surface area contributed by atoms with Crippen LogP contribution in [0.1, 0.15) is 18.1 Å². The third-order valence-corrected chi connectivity index (χ3v) is 6.24. The Bertz CT molecular complexity index is 1420. The van der Waals surface area contributed by atoms with E-state index in [-0.39, 0.29) is 31.7 Å². The fourth-order valence-electron chi connectivity index (χ4n) is 3.65. The number of azide groups is 1. The van der Waals surface area contributed by atoms with Crippen molar-refractivity contribution in [2.75, 3.05) is 26.7 Å². The van der Waals surface area contributed by atoms with Crippen LogP contribution in [0.2, 0.25) is 0 Å². The quantitative estimate of drug-likeness (QED) is 0.0845. The number of hydrogen-bond acceptors (Lipinski definition) is 9. The zero-order valence-electron chi connectivity index (χ0n) is 25.3. The lowest BCUT2D eigenvalue weighted by atomic mass is 10.0. The summed E-state index contributed by atoms with van der Waals surface area (Å²) >= 11 is 0.